The molecule has 124 valence electrons. The number of rotatable bonds is 4. The van der Waals surface area contributed by atoms with E-state index in [0.29, 0.717) is 25.1 Å². The average Bonchev–Trinajstić information content (AvgIpc) is 3.03. The zero-order chi connectivity index (χ0) is 17.1. The van der Waals surface area contributed by atoms with E-state index in [-0.39, 0.29) is 11.8 Å². The molecule has 1 aliphatic rings. The molecule has 2 aromatic carbocycles. The van der Waals surface area contributed by atoms with Gasteiger partial charge in [-0.05, 0) is 36.6 Å². The lowest BCUT2D eigenvalue weighted by molar-refractivity contribution is -0.118. The van der Waals surface area contributed by atoms with Crippen molar-refractivity contribution >= 4 is 17.5 Å². The van der Waals surface area contributed by atoms with Gasteiger partial charge in [-0.2, -0.15) is 0 Å². The molecule has 0 radical (unpaired) electrons. The van der Waals surface area contributed by atoms with Crippen molar-refractivity contribution in [1.29, 1.82) is 0 Å². The van der Waals surface area contributed by atoms with Gasteiger partial charge in [0.25, 0.3) is 5.91 Å². The van der Waals surface area contributed by atoms with Crippen LogP contribution in [-0.4, -0.2) is 18.4 Å². The average molecular weight is 322 g/mol. The molecular formula is C20H22N2O2. The van der Waals surface area contributed by atoms with Crippen LogP contribution in [0.4, 0.5) is 5.69 Å². The van der Waals surface area contributed by atoms with Crippen LogP contribution in [-0.2, 0) is 17.8 Å². The SMILES string of the molecule is CCC(=O)N1CCc2c(C(=O)NCc3cccc(C)c3)cccc21. The summed E-state index contributed by atoms with van der Waals surface area (Å²) in [5.41, 5.74) is 4.78. The molecule has 1 aliphatic heterocycles. The lowest BCUT2D eigenvalue weighted by Gasteiger charge is -2.17. The molecule has 0 aromatic heterocycles. The monoisotopic (exact) mass is 322 g/mol. The normalized spacial score (nSPS) is 12.8. The van der Waals surface area contributed by atoms with Crippen LogP contribution in [0.2, 0.25) is 0 Å². The van der Waals surface area contributed by atoms with E-state index in [2.05, 4.69) is 11.4 Å². The van der Waals surface area contributed by atoms with Crippen LogP contribution in [0, 0.1) is 6.92 Å². The lowest BCUT2D eigenvalue weighted by Crippen LogP contribution is -2.27. The van der Waals surface area contributed by atoms with Gasteiger partial charge in [0.05, 0.1) is 0 Å². The second kappa shape index (κ2) is 6.87. The molecule has 0 aliphatic carbocycles. The van der Waals surface area contributed by atoms with Gasteiger partial charge in [-0.3, -0.25) is 9.59 Å². The number of fused-ring (bicyclic) bond motifs is 1. The molecule has 4 nitrogen and oxygen atoms in total. The van der Waals surface area contributed by atoms with Gasteiger partial charge < -0.3 is 10.2 Å². The van der Waals surface area contributed by atoms with E-state index in [0.717, 1.165) is 23.2 Å². The number of anilines is 1. The van der Waals surface area contributed by atoms with Crippen molar-refractivity contribution in [3.8, 4) is 0 Å². The number of carbonyl (C=O) groups is 2. The fourth-order valence-electron chi connectivity index (χ4n) is 3.20. The van der Waals surface area contributed by atoms with Crippen LogP contribution >= 0.6 is 0 Å². The van der Waals surface area contributed by atoms with E-state index >= 15 is 0 Å². The number of nitrogens with zero attached hydrogens (tertiary/aromatic N) is 1. The fraction of sp³-hybridized carbons (Fsp3) is 0.300. The highest BCUT2D eigenvalue weighted by Gasteiger charge is 2.27. The lowest BCUT2D eigenvalue weighted by atomic mass is 10.0. The molecule has 4 heteroatoms. The minimum atomic E-state index is -0.0841. The molecule has 0 saturated carbocycles. The number of nitrogens with one attached hydrogen (secondary N) is 1. The van der Waals surface area contributed by atoms with Gasteiger partial charge in [0.15, 0.2) is 0 Å². The van der Waals surface area contributed by atoms with Crippen molar-refractivity contribution < 1.29 is 9.59 Å². The smallest absolute Gasteiger partial charge is 0.251 e. The van der Waals surface area contributed by atoms with Gasteiger partial charge in [0.1, 0.15) is 0 Å². The van der Waals surface area contributed by atoms with Gasteiger partial charge in [-0.15, -0.1) is 0 Å². The zero-order valence-electron chi connectivity index (χ0n) is 14.1. The molecule has 3 rings (SSSR count). The predicted molar refractivity (Wildman–Crippen MR) is 95.1 cm³/mol. The Kier molecular flexibility index (Phi) is 4.65. The van der Waals surface area contributed by atoms with E-state index in [1.54, 1.807) is 4.90 Å². The van der Waals surface area contributed by atoms with Crippen molar-refractivity contribution in [2.75, 3.05) is 11.4 Å². The van der Waals surface area contributed by atoms with Crippen LogP contribution in [0.15, 0.2) is 42.5 Å². The van der Waals surface area contributed by atoms with E-state index in [1.165, 1.54) is 5.56 Å². The number of hydrogen-bond donors (Lipinski definition) is 1. The van der Waals surface area contributed by atoms with Crippen molar-refractivity contribution in [3.63, 3.8) is 0 Å². The first kappa shape index (κ1) is 16.2. The van der Waals surface area contributed by atoms with E-state index in [4.69, 9.17) is 0 Å². The fourth-order valence-corrected chi connectivity index (χ4v) is 3.20. The Bertz CT molecular complexity index is 783. The Morgan fingerprint density at radius 2 is 1.96 bits per heavy atom. The maximum atomic E-state index is 12.6. The molecule has 0 spiro atoms. The largest absolute Gasteiger partial charge is 0.348 e. The zero-order valence-corrected chi connectivity index (χ0v) is 14.1. The van der Waals surface area contributed by atoms with Crippen LogP contribution in [0.1, 0.15) is 40.4 Å². The molecule has 0 atom stereocenters. The summed E-state index contributed by atoms with van der Waals surface area (Å²) in [4.78, 5) is 26.4. The van der Waals surface area contributed by atoms with Crippen molar-refractivity contribution in [2.45, 2.75) is 33.2 Å². The van der Waals surface area contributed by atoms with Crippen LogP contribution in [0.5, 0.6) is 0 Å². The van der Waals surface area contributed by atoms with Gasteiger partial charge in [-0.1, -0.05) is 42.8 Å². The summed E-state index contributed by atoms with van der Waals surface area (Å²) < 4.78 is 0. The first-order valence-electron chi connectivity index (χ1n) is 8.36. The summed E-state index contributed by atoms with van der Waals surface area (Å²) >= 11 is 0. The third-order valence-corrected chi connectivity index (χ3v) is 4.41. The molecule has 24 heavy (non-hydrogen) atoms. The van der Waals surface area contributed by atoms with Gasteiger partial charge in [-0.25, -0.2) is 0 Å². The summed E-state index contributed by atoms with van der Waals surface area (Å²) in [5, 5.41) is 2.99. The first-order valence-corrected chi connectivity index (χ1v) is 8.36. The Labute approximate surface area is 142 Å². The Morgan fingerprint density at radius 3 is 2.71 bits per heavy atom. The van der Waals surface area contributed by atoms with Crippen LogP contribution in [0.25, 0.3) is 0 Å². The summed E-state index contributed by atoms with van der Waals surface area (Å²) in [6.45, 7) is 5.05. The molecule has 2 amide bonds. The highest BCUT2D eigenvalue weighted by molar-refractivity contribution is 6.01. The summed E-state index contributed by atoms with van der Waals surface area (Å²) in [6.07, 6.45) is 1.21. The Balaban J connectivity index is 1.77. The summed E-state index contributed by atoms with van der Waals surface area (Å²) in [6, 6.07) is 13.7. The highest BCUT2D eigenvalue weighted by atomic mass is 16.2. The molecular weight excluding hydrogens is 300 g/mol. The quantitative estimate of drug-likeness (QED) is 0.939. The Morgan fingerprint density at radius 1 is 1.17 bits per heavy atom. The maximum Gasteiger partial charge on any atom is 0.251 e. The second-order valence-electron chi connectivity index (χ2n) is 6.12. The van der Waals surface area contributed by atoms with E-state index in [1.807, 2.05) is 50.2 Å². The molecule has 2 aromatic rings. The third-order valence-electron chi connectivity index (χ3n) is 4.41. The molecule has 0 fully saturated rings. The van der Waals surface area contributed by atoms with Gasteiger partial charge >= 0.3 is 0 Å². The molecule has 1 N–H and O–H groups in total. The molecule has 0 bridgehead atoms. The minimum Gasteiger partial charge on any atom is -0.348 e. The van der Waals surface area contributed by atoms with Crippen LogP contribution < -0.4 is 10.2 Å². The molecule has 1 heterocycles. The number of amides is 2. The van der Waals surface area contributed by atoms with E-state index < -0.39 is 0 Å². The topological polar surface area (TPSA) is 49.4 Å². The Hall–Kier alpha value is -2.62. The first-order chi connectivity index (χ1) is 11.6. The van der Waals surface area contributed by atoms with Gasteiger partial charge in [0, 0.05) is 30.8 Å². The molecule has 0 unspecified atom stereocenters. The minimum absolute atomic E-state index is 0.0841. The maximum absolute atomic E-state index is 12.6. The number of aryl methyl sites for hydroxylation is 1. The predicted octanol–water partition coefficient (Wildman–Crippen LogP) is 3.22. The van der Waals surface area contributed by atoms with Gasteiger partial charge in [0.2, 0.25) is 5.91 Å². The summed E-state index contributed by atoms with van der Waals surface area (Å²) in [7, 11) is 0. The summed E-state index contributed by atoms with van der Waals surface area (Å²) in [5.74, 6) is 0.0187. The number of benzene rings is 2. The second-order valence-corrected chi connectivity index (χ2v) is 6.12. The van der Waals surface area contributed by atoms with Crippen LogP contribution in [0.3, 0.4) is 0 Å². The third kappa shape index (κ3) is 3.18. The number of carbonyl (C=O) groups excluding carboxylic acids is 2. The molecule has 0 saturated heterocycles. The highest BCUT2D eigenvalue weighted by Crippen LogP contribution is 2.31. The number of hydrogen-bond acceptors (Lipinski definition) is 2. The standard InChI is InChI=1S/C20H22N2O2/c1-3-19(23)22-11-10-16-17(8-5-9-18(16)22)20(24)21-13-15-7-4-6-14(2)12-15/h4-9,12H,3,10-11,13H2,1-2H3,(H,21,24). The van der Waals surface area contributed by atoms with Crippen molar-refractivity contribution in [2.24, 2.45) is 0 Å². The van der Waals surface area contributed by atoms with Crippen molar-refractivity contribution in [1.82, 2.24) is 5.32 Å². The van der Waals surface area contributed by atoms with Crippen molar-refractivity contribution in [3.05, 3.63) is 64.7 Å². The van der Waals surface area contributed by atoms with E-state index in [9.17, 15) is 9.59 Å².